The van der Waals surface area contributed by atoms with Gasteiger partial charge in [-0.1, -0.05) is 0 Å². The van der Waals surface area contributed by atoms with Gasteiger partial charge in [0.15, 0.2) is 6.10 Å². The Balaban J connectivity index is 2.67. The molecule has 1 aliphatic heterocycles. The molecule has 0 aromatic rings. The van der Waals surface area contributed by atoms with Crippen molar-refractivity contribution in [1.29, 1.82) is 0 Å². The number of primary amides is 3. The SMILES string of the molecule is C[C@H](ON1CC1(C(N)=O)C(N)=O)C(N)=O. The zero-order valence-corrected chi connectivity index (χ0v) is 8.10. The third-order valence-corrected chi connectivity index (χ3v) is 2.20. The van der Waals surface area contributed by atoms with Crippen LogP contribution >= 0.6 is 0 Å². The minimum Gasteiger partial charge on any atom is -0.367 e. The van der Waals surface area contributed by atoms with Gasteiger partial charge in [-0.15, -0.1) is 0 Å². The highest BCUT2D eigenvalue weighted by molar-refractivity contribution is 6.11. The minimum atomic E-state index is -1.64. The van der Waals surface area contributed by atoms with Crippen molar-refractivity contribution in [2.75, 3.05) is 6.54 Å². The van der Waals surface area contributed by atoms with Crippen LogP contribution in [0.2, 0.25) is 0 Å². The third kappa shape index (κ3) is 1.76. The summed E-state index contributed by atoms with van der Waals surface area (Å²) in [6, 6.07) is 0. The van der Waals surface area contributed by atoms with Crippen LogP contribution in [-0.4, -0.2) is 41.0 Å². The molecule has 1 unspecified atom stereocenters. The molecule has 15 heavy (non-hydrogen) atoms. The summed E-state index contributed by atoms with van der Waals surface area (Å²) in [6.07, 6.45) is -0.953. The van der Waals surface area contributed by atoms with Crippen LogP contribution in [0.4, 0.5) is 0 Å². The molecule has 6 N–H and O–H groups in total. The van der Waals surface area contributed by atoms with Gasteiger partial charge in [0.05, 0.1) is 6.54 Å². The largest absolute Gasteiger partial charge is 0.367 e. The highest BCUT2D eigenvalue weighted by atomic mass is 16.7. The number of hydroxylamine groups is 2. The van der Waals surface area contributed by atoms with E-state index in [4.69, 9.17) is 22.0 Å². The van der Waals surface area contributed by atoms with Crippen LogP contribution < -0.4 is 17.2 Å². The Bertz CT molecular complexity index is 315. The van der Waals surface area contributed by atoms with Gasteiger partial charge in [-0.05, 0) is 6.92 Å². The van der Waals surface area contributed by atoms with Crippen molar-refractivity contribution in [3.63, 3.8) is 0 Å². The van der Waals surface area contributed by atoms with Crippen molar-refractivity contribution in [1.82, 2.24) is 5.06 Å². The average Bonchev–Trinajstić information content (AvgIpc) is 2.79. The zero-order chi connectivity index (χ0) is 11.8. The summed E-state index contributed by atoms with van der Waals surface area (Å²) >= 11 is 0. The minimum absolute atomic E-state index is 0.0602. The monoisotopic (exact) mass is 216 g/mol. The molecule has 0 radical (unpaired) electrons. The molecule has 0 aromatic carbocycles. The Hall–Kier alpha value is -1.67. The topological polar surface area (TPSA) is 142 Å². The lowest BCUT2D eigenvalue weighted by atomic mass is 10.1. The van der Waals surface area contributed by atoms with Gasteiger partial charge >= 0.3 is 0 Å². The second-order valence-electron chi connectivity index (χ2n) is 3.28. The number of carbonyl (C=O) groups is 3. The first kappa shape index (κ1) is 11.4. The fraction of sp³-hybridized carbons (Fsp3) is 0.571. The van der Waals surface area contributed by atoms with E-state index in [2.05, 4.69) is 0 Å². The van der Waals surface area contributed by atoms with Crippen LogP contribution in [0, 0.1) is 0 Å². The number of hydrogen-bond acceptors (Lipinski definition) is 5. The molecule has 84 valence electrons. The normalized spacial score (nSPS) is 24.2. The van der Waals surface area contributed by atoms with Gasteiger partial charge in [0.2, 0.25) is 11.4 Å². The fourth-order valence-corrected chi connectivity index (χ4v) is 1.07. The van der Waals surface area contributed by atoms with Gasteiger partial charge in [-0.3, -0.25) is 19.2 Å². The van der Waals surface area contributed by atoms with Gasteiger partial charge in [0.25, 0.3) is 11.8 Å². The summed E-state index contributed by atoms with van der Waals surface area (Å²) in [5.41, 5.74) is 13.3. The average molecular weight is 216 g/mol. The quantitative estimate of drug-likeness (QED) is 0.328. The van der Waals surface area contributed by atoms with Crippen LogP contribution in [0.25, 0.3) is 0 Å². The lowest BCUT2D eigenvalue weighted by Gasteiger charge is -2.13. The second kappa shape index (κ2) is 3.48. The van der Waals surface area contributed by atoms with E-state index in [0.29, 0.717) is 0 Å². The smallest absolute Gasteiger partial charge is 0.251 e. The van der Waals surface area contributed by atoms with E-state index in [9.17, 15) is 14.4 Å². The predicted molar refractivity (Wildman–Crippen MR) is 47.6 cm³/mol. The number of nitrogens with two attached hydrogens (primary N) is 3. The molecule has 0 aromatic heterocycles. The summed E-state index contributed by atoms with van der Waals surface area (Å²) in [6.45, 7) is 1.32. The maximum atomic E-state index is 11.0. The molecule has 1 fully saturated rings. The Labute approximate surface area is 85.3 Å². The van der Waals surface area contributed by atoms with E-state index in [1.54, 1.807) is 0 Å². The predicted octanol–water partition coefficient (Wildman–Crippen LogP) is -3.18. The molecular formula is C7H12N4O4. The number of rotatable bonds is 5. The van der Waals surface area contributed by atoms with Crippen molar-refractivity contribution < 1.29 is 19.2 Å². The number of amides is 3. The van der Waals surface area contributed by atoms with E-state index in [1.165, 1.54) is 6.92 Å². The number of carbonyl (C=O) groups excluding carboxylic acids is 3. The van der Waals surface area contributed by atoms with Gasteiger partial charge in [-0.2, -0.15) is 5.06 Å². The van der Waals surface area contributed by atoms with Crippen molar-refractivity contribution in [3.05, 3.63) is 0 Å². The van der Waals surface area contributed by atoms with E-state index in [-0.39, 0.29) is 6.54 Å². The standard InChI is InChI=1S/C7H12N4O4/c1-3(4(8)12)15-11-2-7(11,5(9)13)6(10)14/h3H,2H2,1H3,(H2,8,12)(H2,9,13)(H2,10,14)/t3-,11?/m0/s1. The van der Waals surface area contributed by atoms with E-state index >= 15 is 0 Å². The van der Waals surface area contributed by atoms with Crippen LogP contribution in [0.15, 0.2) is 0 Å². The molecule has 0 saturated carbocycles. The Morgan fingerprint density at radius 3 is 2.00 bits per heavy atom. The maximum absolute atomic E-state index is 11.0. The van der Waals surface area contributed by atoms with Crippen molar-refractivity contribution in [2.24, 2.45) is 17.2 Å². The first-order chi connectivity index (χ1) is 6.82. The highest BCUT2D eigenvalue weighted by Crippen LogP contribution is 2.32. The zero-order valence-electron chi connectivity index (χ0n) is 8.10. The molecule has 1 rings (SSSR count). The van der Waals surface area contributed by atoms with E-state index < -0.39 is 29.4 Å². The Morgan fingerprint density at radius 1 is 1.27 bits per heavy atom. The highest BCUT2D eigenvalue weighted by Gasteiger charge is 2.65. The van der Waals surface area contributed by atoms with Crippen LogP contribution in [0.1, 0.15) is 6.92 Å². The van der Waals surface area contributed by atoms with Crippen molar-refractivity contribution in [2.45, 2.75) is 18.6 Å². The second-order valence-corrected chi connectivity index (χ2v) is 3.28. The van der Waals surface area contributed by atoms with Gasteiger partial charge < -0.3 is 17.2 Å². The van der Waals surface area contributed by atoms with Gasteiger partial charge in [0, 0.05) is 0 Å². The first-order valence-corrected chi connectivity index (χ1v) is 4.16. The summed E-state index contributed by atoms with van der Waals surface area (Å²) in [5, 5.41) is 0.951. The lowest BCUT2D eigenvalue weighted by Crippen LogP contribution is -2.48. The van der Waals surface area contributed by atoms with Crippen LogP contribution in [0.3, 0.4) is 0 Å². The maximum Gasteiger partial charge on any atom is 0.251 e. The lowest BCUT2D eigenvalue weighted by molar-refractivity contribution is -0.166. The molecule has 0 bridgehead atoms. The molecule has 3 amide bonds. The molecule has 2 atom stereocenters. The number of nitrogens with zero attached hydrogens (tertiary/aromatic N) is 1. The summed E-state index contributed by atoms with van der Waals surface area (Å²) in [5.74, 6) is -2.54. The third-order valence-electron chi connectivity index (χ3n) is 2.20. The Kier molecular flexibility index (Phi) is 2.65. The first-order valence-electron chi connectivity index (χ1n) is 4.16. The number of hydrogen-bond donors (Lipinski definition) is 3. The van der Waals surface area contributed by atoms with Gasteiger partial charge in [-0.25, -0.2) is 0 Å². The molecule has 1 saturated heterocycles. The van der Waals surface area contributed by atoms with Gasteiger partial charge in [0.1, 0.15) is 0 Å². The molecule has 0 aliphatic carbocycles. The molecule has 1 heterocycles. The van der Waals surface area contributed by atoms with Crippen molar-refractivity contribution in [3.8, 4) is 0 Å². The summed E-state index contributed by atoms with van der Waals surface area (Å²) < 4.78 is 0. The molecule has 0 spiro atoms. The van der Waals surface area contributed by atoms with Crippen molar-refractivity contribution >= 4 is 17.7 Å². The molecule has 8 nitrogen and oxygen atoms in total. The summed E-state index contributed by atoms with van der Waals surface area (Å²) in [4.78, 5) is 37.5. The molecule has 1 aliphatic rings. The van der Waals surface area contributed by atoms with Crippen LogP contribution in [0.5, 0.6) is 0 Å². The van der Waals surface area contributed by atoms with E-state index in [0.717, 1.165) is 5.06 Å². The summed E-state index contributed by atoms with van der Waals surface area (Å²) in [7, 11) is 0. The molecular weight excluding hydrogens is 204 g/mol. The molecule has 8 heteroatoms. The fourth-order valence-electron chi connectivity index (χ4n) is 1.07. The Morgan fingerprint density at radius 2 is 1.73 bits per heavy atom. The van der Waals surface area contributed by atoms with Crippen LogP contribution in [-0.2, 0) is 19.2 Å². The van der Waals surface area contributed by atoms with E-state index in [1.807, 2.05) is 0 Å².